The maximum atomic E-state index is 11.6. The summed E-state index contributed by atoms with van der Waals surface area (Å²) < 4.78 is 0. The van der Waals surface area contributed by atoms with Crippen molar-refractivity contribution in [1.29, 1.82) is 0 Å². The number of hydrogen-bond donors (Lipinski definition) is 3. The van der Waals surface area contributed by atoms with Crippen LogP contribution in [0.25, 0.3) is 0 Å². The maximum Gasteiger partial charge on any atom is 0.237 e. The van der Waals surface area contributed by atoms with Gasteiger partial charge in [-0.1, -0.05) is 6.08 Å². The fourth-order valence-corrected chi connectivity index (χ4v) is 1.26. The molecule has 17 heavy (non-hydrogen) atoms. The zero-order chi connectivity index (χ0) is 13.4. The zero-order valence-electron chi connectivity index (χ0n) is 11.0. The molecule has 0 rings (SSSR count). The average Bonchev–Trinajstić information content (AvgIpc) is 2.24. The van der Waals surface area contributed by atoms with Gasteiger partial charge in [0.25, 0.3) is 0 Å². The summed E-state index contributed by atoms with van der Waals surface area (Å²) in [5.41, 5.74) is 0. The van der Waals surface area contributed by atoms with Gasteiger partial charge in [0.1, 0.15) is 0 Å². The van der Waals surface area contributed by atoms with Crippen LogP contribution >= 0.6 is 0 Å². The second kappa shape index (κ2) is 7.84. The van der Waals surface area contributed by atoms with Gasteiger partial charge in [-0.3, -0.25) is 14.9 Å². The second-order valence-electron chi connectivity index (χ2n) is 4.31. The van der Waals surface area contributed by atoms with E-state index in [2.05, 4.69) is 22.5 Å². The van der Waals surface area contributed by atoms with Crippen molar-refractivity contribution >= 4 is 11.8 Å². The van der Waals surface area contributed by atoms with Crippen molar-refractivity contribution in [3.8, 4) is 0 Å². The molecule has 0 saturated carbocycles. The Hall–Kier alpha value is -1.36. The van der Waals surface area contributed by atoms with Gasteiger partial charge in [0.2, 0.25) is 11.8 Å². The highest BCUT2D eigenvalue weighted by molar-refractivity contribution is 5.84. The molecule has 0 saturated heterocycles. The molecule has 0 aliphatic carbocycles. The number of amides is 2. The van der Waals surface area contributed by atoms with E-state index < -0.39 is 12.1 Å². The highest BCUT2D eigenvalue weighted by Gasteiger charge is 2.19. The first kappa shape index (κ1) is 15.6. The first-order valence-corrected chi connectivity index (χ1v) is 5.83. The Morgan fingerprint density at radius 3 is 2.12 bits per heavy atom. The number of carbonyl (C=O) groups is 2. The molecule has 3 N–H and O–H groups in total. The van der Waals surface area contributed by atoms with Crippen molar-refractivity contribution in [2.75, 3.05) is 6.54 Å². The van der Waals surface area contributed by atoms with Crippen LogP contribution in [-0.2, 0) is 9.59 Å². The number of nitrogens with one attached hydrogen (secondary N) is 3. The van der Waals surface area contributed by atoms with E-state index >= 15 is 0 Å². The lowest BCUT2D eigenvalue weighted by molar-refractivity contribution is -0.125. The van der Waals surface area contributed by atoms with Crippen molar-refractivity contribution in [1.82, 2.24) is 16.0 Å². The molecule has 0 radical (unpaired) electrons. The molecule has 98 valence electrons. The summed E-state index contributed by atoms with van der Waals surface area (Å²) in [5, 5.41) is 8.38. The third-order valence-corrected chi connectivity index (χ3v) is 2.14. The first-order valence-electron chi connectivity index (χ1n) is 5.83. The van der Waals surface area contributed by atoms with Gasteiger partial charge < -0.3 is 10.6 Å². The smallest absolute Gasteiger partial charge is 0.237 e. The van der Waals surface area contributed by atoms with E-state index in [0.717, 1.165) is 0 Å². The lowest BCUT2D eigenvalue weighted by atomic mass is 10.2. The Balaban J connectivity index is 4.09. The largest absolute Gasteiger partial charge is 0.353 e. The molecule has 0 aromatic heterocycles. The van der Waals surface area contributed by atoms with Gasteiger partial charge in [-0.2, -0.15) is 0 Å². The summed E-state index contributed by atoms with van der Waals surface area (Å²) in [6.07, 6.45) is 1.61. The first-order chi connectivity index (χ1) is 7.88. The van der Waals surface area contributed by atoms with Gasteiger partial charge in [0, 0.05) is 12.6 Å². The summed E-state index contributed by atoms with van der Waals surface area (Å²) >= 11 is 0. The summed E-state index contributed by atoms with van der Waals surface area (Å²) in [6, 6.07) is -0.721. The SMILES string of the molecule is C=CCNC(=O)C(C)NC(C)C(=O)NC(C)C. The lowest BCUT2D eigenvalue weighted by Crippen LogP contribution is -2.52. The standard InChI is InChI=1S/C12H23N3O2/c1-6-7-13-11(16)9(4)15-10(5)12(17)14-8(2)3/h6,8-10,15H,1,7H2,2-5H3,(H,13,16)(H,14,17). The normalized spacial score (nSPS) is 13.9. The molecular formula is C12H23N3O2. The molecular weight excluding hydrogens is 218 g/mol. The van der Waals surface area contributed by atoms with Crippen LogP contribution in [0.15, 0.2) is 12.7 Å². The van der Waals surface area contributed by atoms with Crippen LogP contribution in [0, 0.1) is 0 Å². The topological polar surface area (TPSA) is 70.2 Å². The van der Waals surface area contributed by atoms with E-state index in [1.165, 1.54) is 0 Å². The van der Waals surface area contributed by atoms with E-state index in [4.69, 9.17) is 0 Å². The van der Waals surface area contributed by atoms with Gasteiger partial charge in [0.05, 0.1) is 12.1 Å². The van der Waals surface area contributed by atoms with Crippen molar-refractivity contribution in [2.24, 2.45) is 0 Å². The van der Waals surface area contributed by atoms with Crippen LogP contribution in [0.2, 0.25) is 0 Å². The Kier molecular flexibility index (Phi) is 7.21. The monoisotopic (exact) mass is 241 g/mol. The molecule has 0 aliphatic rings. The molecule has 2 amide bonds. The van der Waals surface area contributed by atoms with E-state index in [1.807, 2.05) is 13.8 Å². The van der Waals surface area contributed by atoms with Crippen molar-refractivity contribution in [3.63, 3.8) is 0 Å². The van der Waals surface area contributed by atoms with E-state index in [9.17, 15) is 9.59 Å². The predicted octanol–water partition coefficient (Wildman–Crippen LogP) is 0.180. The van der Waals surface area contributed by atoms with Gasteiger partial charge in [-0.05, 0) is 27.7 Å². The van der Waals surface area contributed by atoms with Gasteiger partial charge in [0.15, 0.2) is 0 Å². The molecule has 0 heterocycles. The van der Waals surface area contributed by atoms with Crippen LogP contribution in [0.3, 0.4) is 0 Å². The quantitative estimate of drug-likeness (QED) is 0.557. The van der Waals surface area contributed by atoms with Crippen LogP contribution < -0.4 is 16.0 Å². The second-order valence-corrected chi connectivity index (χ2v) is 4.31. The van der Waals surface area contributed by atoms with Gasteiger partial charge in [-0.15, -0.1) is 6.58 Å². The summed E-state index contributed by atoms with van der Waals surface area (Å²) in [6.45, 7) is 11.2. The molecule has 2 unspecified atom stereocenters. The zero-order valence-corrected chi connectivity index (χ0v) is 11.0. The molecule has 0 aromatic carbocycles. The number of carbonyl (C=O) groups excluding carboxylic acids is 2. The summed E-state index contributed by atoms with van der Waals surface area (Å²) in [5.74, 6) is -0.252. The molecule has 2 atom stereocenters. The highest BCUT2D eigenvalue weighted by Crippen LogP contribution is 1.90. The minimum Gasteiger partial charge on any atom is -0.353 e. The molecule has 0 aromatic rings. The van der Waals surface area contributed by atoms with E-state index in [-0.39, 0.29) is 17.9 Å². The van der Waals surface area contributed by atoms with Gasteiger partial charge in [-0.25, -0.2) is 0 Å². The molecule has 5 heteroatoms. The fourth-order valence-electron chi connectivity index (χ4n) is 1.26. The Bertz CT molecular complexity index is 277. The predicted molar refractivity (Wildman–Crippen MR) is 68.5 cm³/mol. The Morgan fingerprint density at radius 2 is 1.65 bits per heavy atom. The molecule has 0 spiro atoms. The van der Waals surface area contributed by atoms with Crippen LogP contribution in [0.5, 0.6) is 0 Å². The maximum absolute atomic E-state index is 11.6. The molecule has 0 bridgehead atoms. The number of hydrogen-bond acceptors (Lipinski definition) is 3. The minimum absolute atomic E-state index is 0.0941. The Labute approximate surface area is 103 Å². The van der Waals surface area contributed by atoms with E-state index in [1.54, 1.807) is 19.9 Å². The van der Waals surface area contributed by atoms with Crippen LogP contribution in [0.4, 0.5) is 0 Å². The highest BCUT2D eigenvalue weighted by atomic mass is 16.2. The number of rotatable bonds is 7. The molecule has 5 nitrogen and oxygen atoms in total. The van der Waals surface area contributed by atoms with Crippen molar-refractivity contribution in [2.45, 2.75) is 45.8 Å². The van der Waals surface area contributed by atoms with Gasteiger partial charge >= 0.3 is 0 Å². The molecule has 0 fully saturated rings. The Morgan fingerprint density at radius 1 is 1.12 bits per heavy atom. The average molecular weight is 241 g/mol. The fraction of sp³-hybridized carbons (Fsp3) is 0.667. The van der Waals surface area contributed by atoms with Crippen molar-refractivity contribution in [3.05, 3.63) is 12.7 Å². The third kappa shape index (κ3) is 6.73. The molecule has 0 aliphatic heterocycles. The summed E-state index contributed by atoms with van der Waals surface area (Å²) in [7, 11) is 0. The minimum atomic E-state index is -0.414. The lowest BCUT2D eigenvalue weighted by Gasteiger charge is -2.20. The van der Waals surface area contributed by atoms with E-state index in [0.29, 0.717) is 6.54 Å². The third-order valence-electron chi connectivity index (χ3n) is 2.14. The van der Waals surface area contributed by atoms with Crippen LogP contribution in [-0.4, -0.2) is 36.5 Å². The van der Waals surface area contributed by atoms with Crippen molar-refractivity contribution < 1.29 is 9.59 Å². The van der Waals surface area contributed by atoms with Crippen LogP contribution in [0.1, 0.15) is 27.7 Å². The summed E-state index contributed by atoms with van der Waals surface area (Å²) in [4.78, 5) is 23.1.